The summed E-state index contributed by atoms with van der Waals surface area (Å²) in [6.07, 6.45) is -0.174. The van der Waals surface area contributed by atoms with Gasteiger partial charge in [-0.2, -0.15) is 0 Å². The van der Waals surface area contributed by atoms with Crippen LogP contribution in [0.5, 0.6) is 0 Å². The highest BCUT2D eigenvalue weighted by molar-refractivity contribution is 7.03. The fraction of sp³-hybridized carbons (Fsp3) is 1.00. The van der Waals surface area contributed by atoms with E-state index >= 15 is 0 Å². The highest BCUT2D eigenvalue weighted by atomic mass is 16.7. The molecule has 1 saturated heterocycles. The van der Waals surface area contributed by atoms with Crippen molar-refractivity contribution in [3.05, 3.63) is 0 Å². The summed E-state index contributed by atoms with van der Waals surface area (Å²) in [4.78, 5) is 0. The molecule has 1 aliphatic rings. The Labute approximate surface area is 125 Å². The summed E-state index contributed by atoms with van der Waals surface area (Å²) in [5.74, 6) is 0.621. The number of aliphatic hydroxyl groups is 1. The second-order valence-corrected chi connectivity index (χ2v) is 7.60. The third kappa shape index (κ3) is 4.48. The molecule has 0 amide bonds. The average molecular weight is 284 g/mol. The zero-order valence-electron chi connectivity index (χ0n) is 14.3. The van der Waals surface area contributed by atoms with Crippen molar-refractivity contribution in [3.8, 4) is 0 Å². The van der Waals surface area contributed by atoms with E-state index in [1.807, 2.05) is 27.7 Å². The first-order chi connectivity index (χ1) is 8.95. The Kier molecular flexibility index (Phi) is 5.75. The van der Waals surface area contributed by atoms with Crippen molar-refractivity contribution < 1.29 is 19.1 Å². The largest absolute Gasteiger partial charge is 0.441 e. The molecule has 0 aromatic rings. The van der Waals surface area contributed by atoms with Crippen molar-refractivity contribution in [1.29, 1.82) is 0 Å². The Hall–Kier alpha value is -0.0301. The smallest absolute Gasteiger partial charge is 0.435 e. The predicted molar refractivity (Wildman–Crippen MR) is 83.8 cm³/mol. The lowest BCUT2D eigenvalue weighted by atomic mass is 9.56. The Morgan fingerprint density at radius 3 is 2.15 bits per heavy atom. The molecule has 20 heavy (non-hydrogen) atoms. The molecule has 0 aromatic carbocycles. The molecule has 4 nitrogen and oxygen atoms in total. The van der Waals surface area contributed by atoms with Crippen LogP contribution in [-0.2, 0) is 14.0 Å². The lowest BCUT2D eigenvalue weighted by Crippen LogP contribution is -2.45. The third-order valence-electron chi connectivity index (χ3n) is 3.74. The van der Waals surface area contributed by atoms with E-state index in [4.69, 9.17) is 14.0 Å². The van der Waals surface area contributed by atoms with Crippen LogP contribution in [0, 0.1) is 11.8 Å². The van der Waals surface area contributed by atoms with Crippen LogP contribution in [0.2, 0.25) is 0 Å². The molecule has 0 aromatic heterocycles. The van der Waals surface area contributed by atoms with Crippen molar-refractivity contribution in [2.45, 2.75) is 78.8 Å². The Balaban J connectivity index is 2.59. The molecule has 1 fully saturated rings. The van der Waals surface area contributed by atoms with Crippen LogP contribution in [-0.4, -0.2) is 42.9 Å². The van der Waals surface area contributed by atoms with Gasteiger partial charge in [-0.05, 0) is 39.5 Å². The molecular formula is C14H30B2O4. The molecule has 0 radical (unpaired) electrons. The van der Waals surface area contributed by atoms with E-state index in [9.17, 15) is 5.11 Å². The second-order valence-electron chi connectivity index (χ2n) is 7.60. The van der Waals surface area contributed by atoms with Gasteiger partial charge in [-0.25, -0.2) is 0 Å². The Morgan fingerprint density at radius 1 is 1.25 bits per heavy atom. The highest BCUT2D eigenvalue weighted by Gasteiger charge is 2.47. The van der Waals surface area contributed by atoms with Gasteiger partial charge in [-0.1, -0.05) is 27.7 Å². The summed E-state index contributed by atoms with van der Waals surface area (Å²) in [5, 5.41) is 10.2. The average Bonchev–Trinajstić information content (AvgIpc) is 2.51. The maximum absolute atomic E-state index is 10.2. The third-order valence-corrected chi connectivity index (χ3v) is 3.74. The van der Waals surface area contributed by atoms with Crippen LogP contribution < -0.4 is 0 Å². The number of rotatable bonds is 6. The van der Waals surface area contributed by atoms with Gasteiger partial charge in [-0.15, -0.1) is 0 Å². The van der Waals surface area contributed by atoms with Gasteiger partial charge in [-0.3, -0.25) is 0 Å². The molecule has 1 N–H and O–H groups in total. The molecule has 116 valence electrons. The summed E-state index contributed by atoms with van der Waals surface area (Å²) in [6.45, 7) is 16.0. The minimum absolute atomic E-state index is 0.0655. The molecule has 1 heterocycles. The zero-order valence-corrected chi connectivity index (χ0v) is 14.3. The first-order valence-corrected chi connectivity index (χ1v) is 7.62. The zero-order chi connectivity index (χ0) is 15.7. The van der Waals surface area contributed by atoms with Gasteiger partial charge in [0.1, 0.15) is 0 Å². The van der Waals surface area contributed by atoms with E-state index in [0.29, 0.717) is 13.3 Å². The van der Waals surface area contributed by atoms with Gasteiger partial charge in [0, 0.05) is 0 Å². The van der Waals surface area contributed by atoms with E-state index in [1.165, 1.54) is 0 Å². The molecule has 0 bridgehead atoms. The monoisotopic (exact) mass is 284 g/mol. The van der Waals surface area contributed by atoms with Gasteiger partial charge >= 0.3 is 14.4 Å². The van der Waals surface area contributed by atoms with Gasteiger partial charge < -0.3 is 19.1 Å². The van der Waals surface area contributed by atoms with Crippen molar-refractivity contribution in [2.24, 2.45) is 11.8 Å². The maximum Gasteiger partial charge on any atom is 0.441 e. The summed E-state index contributed by atoms with van der Waals surface area (Å²) >= 11 is 0. The van der Waals surface area contributed by atoms with E-state index < -0.39 is 5.60 Å². The van der Waals surface area contributed by atoms with Gasteiger partial charge in [0.2, 0.25) is 0 Å². The second kappa shape index (κ2) is 6.39. The Morgan fingerprint density at radius 2 is 1.80 bits per heavy atom. The first-order valence-electron chi connectivity index (χ1n) is 7.62. The molecule has 2 unspecified atom stereocenters. The first kappa shape index (κ1) is 18.0. The fourth-order valence-corrected chi connectivity index (χ4v) is 3.19. The number of hydrogen-bond donors (Lipinski definition) is 1. The minimum atomic E-state index is -0.875. The molecule has 0 aliphatic carbocycles. The highest BCUT2D eigenvalue weighted by Crippen LogP contribution is 2.32. The molecule has 1 rings (SSSR count). The summed E-state index contributed by atoms with van der Waals surface area (Å²) in [7, 11) is -0.0135. The molecular weight excluding hydrogens is 254 g/mol. The molecule has 1 aliphatic heterocycles. The number of hydrogen-bond acceptors (Lipinski definition) is 4. The molecule has 2 atom stereocenters. The maximum atomic E-state index is 10.2. The minimum Gasteiger partial charge on any atom is -0.435 e. The van der Waals surface area contributed by atoms with Crippen LogP contribution in [0.25, 0.3) is 0 Å². The van der Waals surface area contributed by atoms with Crippen LogP contribution in [0.1, 0.15) is 55.4 Å². The van der Waals surface area contributed by atoms with Crippen LogP contribution in [0.3, 0.4) is 0 Å². The van der Waals surface area contributed by atoms with E-state index in [-0.39, 0.29) is 30.7 Å². The van der Waals surface area contributed by atoms with Crippen molar-refractivity contribution in [3.63, 3.8) is 0 Å². The summed E-state index contributed by atoms with van der Waals surface area (Å²) < 4.78 is 17.8. The summed E-state index contributed by atoms with van der Waals surface area (Å²) in [5.41, 5.74) is -1.18. The van der Waals surface area contributed by atoms with E-state index in [2.05, 4.69) is 13.8 Å². The summed E-state index contributed by atoms with van der Waals surface area (Å²) in [6, 6.07) is 0. The topological polar surface area (TPSA) is 47.9 Å². The SMILES string of the molecule is CC(C)C(OBB1OC(C(C)C)C(C)(C)O1)C(C)(C)O. The molecule has 0 saturated carbocycles. The van der Waals surface area contributed by atoms with Crippen molar-refractivity contribution in [1.82, 2.24) is 0 Å². The quantitative estimate of drug-likeness (QED) is 0.758. The lowest BCUT2D eigenvalue weighted by Gasteiger charge is -2.33. The van der Waals surface area contributed by atoms with E-state index in [0.717, 1.165) is 0 Å². The van der Waals surface area contributed by atoms with Gasteiger partial charge in [0.05, 0.1) is 23.4 Å². The van der Waals surface area contributed by atoms with Gasteiger partial charge in [0.25, 0.3) is 0 Å². The van der Waals surface area contributed by atoms with Crippen LogP contribution in [0.4, 0.5) is 0 Å². The van der Waals surface area contributed by atoms with Crippen molar-refractivity contribution in [2.75, 3.05) is 0 Å². The Bertz CT molecular complexity index is 313. The molecule has 6 heteroatoms. The molecule has 0 spiro atoms. The van der Waals surface area contributed by atoms with Gasteiger partial charge in [0.15, 0.2) is 0 Å². The fourth-order valence-electron chi connectivity index (χ4n) is 3.19. The van der Waals surface area contributed by atoms with Crippen molar-refractivity contribution >= 4 is 14.4 Å². The predicted octanol–water partition coefficient (Wildman–Crippen LogP) is 1.98. The standard InChI is InChI=1S/C14H30B2O4/c1-9(2)11(13(5,6)17)18-15-16-19-12(10(3)4)14(7,8)20-16/h9-12,15,17H,1-8H3. The van der Waals surface area contributed by atoms with Crippen LogP contribution >= 0.6 is 0 Å². The van der Waals surface area contributed by atoms with Crippen LogP contribution in [0.15, 0.2) is 0 Å². The lowest BCUT2D eigenvalue weighted by molar-refractivity contribution is -0.0535. The van der Waals surface area contributed by atoms with E-state index in [1.54, 1.807) is 13.8 Å². The normalized spacial score (nSPS) is 24.6.